The van der Waals surface area contributed by atoms with Crippen molar-refractivity contribution in [3.05, 3.63) is 0 Å². The van der Waals surface area contributed by atoms with Crippen LogP contribution >= 0.6 is 11.9 Å². The summed E-state index contributed by atoms with van der Waals surface area (Å²) in [7, 11) is 1.55. The Labute approximate surface area is 48.5 Å². The van der Waals surface area contributed by atoms with E-state index in [1.165, 1.54) is 0 Å². The van der Waals surface area contributed by atoms with E-state index in [0.29, 0.717) is 0 Å². The molecule has 1 unspecified atom stereocenters. The molecule has 0 N–H and O–H groups in total. The third kappa shape index (κ3) is 2.85. The maximum Gasteiger partial charge on any atom is 0.176 e. The lowest BCUT2D eigenvalue weighted by Crippen LogP contribution is -2.07. The molecule has 0 amide bonds. The summed E-state index contributed by atoms with van der Waals surface area (Å²) in [5.41, 5.74) is 0. The molecule has 0 spiro atoms. The monoisotopic (exact) mass is 124 g/mol. The normalized spacial score (nSPS) is 14.1. The molecule has 0 aromatic carbocycles. The second-order valence-corrected chi connectivity index (χ2v) is 1.34. The third-order valence-corrected chi connectivity index (χ3v) is 0.894. The zero-order chi connectivity index (χ0) is 5.70. The Balaban J connectivity index is 2.99. The zero-order valence-electron chi connectivity index (χ0n) is 4.48. The lowest BCUT2D eigenvalue weighted by molar-refractivity contribution is -0.0496. The van der Waals surface area contributed by atoms with Crippen LogP contribution in [0.5, 0.6) is 0 Å². The van der Waals surface area contributed by atoms with Crippen LogP contribution in [0.4, 0.5) is 0 Å². The second kappa shape index (κ2) is 4.37. The number of hydrogen-bond donors (Lipinski definition) is 0. The fourth-order valence-electron chi connectivity index (χ4n) is 0.266. The Morgan fingerprint density at radius 1 is 1.71 bits per heavy atom. The number of methoxy groups -OCH3 is 1. The van der Waals surface area contributed by atoms with Crippen molar-refractivity contribution in [3.8, 4) is 0 Å². The first-order valence-electron chi connectivity index (χ1n) is 2.15. The van der Waals surface area contributed by atoms with Crippen LogP contribution < -0.4 is 0 Å². The molecule has 44 valence electrons. The fraction of sp³-hybridized carbons (Fsp3) is 1.00. The second-order valence-electron chi connectivity index (χ2n) is 1.16. The highest BCUT2D eigenvalue weighted by Gasteiger charge is 1.98. The first-order valence-corrected chi connectivity index (χ1v) is 2.46. The largest absolute Gasteiger partial charge is 0.354 e. The van der Waals surface area contributed by atoms with E-state index in [9.17, 15) is 0 Å². The summed E-state index contributed by atoms with van der Waals surface area (Å²) in [6.45, 7) is 1.93. The maximum atomic E-state index is 4.94. The van der Waals surface area contributed by atoms with E-state index in [-0.39, 0.29) is 6.29 Å². The molecule has 0 aromatic rings. The Hall–Kier alpha value is 0.210. The summed E-state index contributed by atoms with van der Waals surface area (Å²) >= 11 is 4.94. The molecule has 0 aliphatic rings. The number of rotatable bonds is 3. The summed E-state index contributed by atoms with van der Waals surface area (Å²) in [6.07, 6.45) is 0.529. The quantitative estimate of drug-likeness (QED) is 0.532. The average molecular weight is 125 g/mol. The molecule has 0 saturated heterocycles. The summed E-state index contributed by atoms with van der Waals surface area (Å²) in [4.78, 5) is 0. The summed E-state index contributed by atoms with van der Waals surface area (Å²) in [5.74, 6) is 0. The minimum absolute atomic E-state index is 0.248. The summed E-state index contributed by atoms with van der Waals surface area (Å²) < 4.78 is 8.99. The molecule has 0 rings (SSSR count). The molecule has 0 radical (unpaired) electrons. The van der Waals surface area contributed by atoms with Crippen molar-refractivity contribution < 1.29 is 9.03 Å². The molecule has 0 aliphatic heterocycles. The molecular formula is C4H9ClO2. The van der Waals surface area contributed by atoms with E-state index in [4.69, 9.17) is 16.6 Å². The minimum atomic E-state index is -0.248. The van der Waals surface area contributed by atoms with Gasteiger partial charge >= 0.3 is 0 Å². The molecule has 7 heavy (non-hydrogen) atoms. The number of hydrogen-bond acceptors (Lipinski definition) is 2. The van der Waals surface area contributed by atoms with Gasteiger partial charge in [0.25, 0.3) is 0 Å². The highest BCUT2D eigenvalue weighted by atomic mass is 35.5. The Kier molecular flexibility index (Phi) is 4.50. The van der Waals surface area contributed by atoms with Gasteiger partial charge in [0.2, 0.25) is 0 Å². The van der Waals surface area contributed by atoms with Crippen molar-refractivity contribution in [1.82, 2.24) is 0 Å². The van der Waals surface area contributed by atoms with Crippen LogP contribution in [0.25, 0.3) is 0 Å². The van der Waals surface area contributed by atoms with Crippen molar-refractivity contribution >= 4 is 11.9 Å². The number of ether oxygens (including phenoxy) is 1. The van der Waals surface area contributed by atoms with Gasteiger partial charge in [-0.25, -0.2) is 4.29 Å². The van der Waals surface area contributed by atoms with Crippen molar-refractivity contribution in [2.24, 2.45) is 0 Å². The van der Waals surface area contributed by atoms with E-state index >= 15 is 0 Å². The van der Waals surface area contributed by atoms with E-state index in [0.717, 1.165) is 6.42 Å². The molecule has 0 bridgehead atoms. The van der Waals surface area contributed by atoms with Gasteiger partial charge in [-0.2, -0.15) is 0 Å². The Bertz CT molecular complexity index is 31.2. The molecule has 0 aliphatic carbocycles. The van der Waals surface area contributed by atoms with E-state index in [1.807, 2.05) is 6.92 Å². The standard InChI is InChI=1S/C4H9ClO2/c1-3-4(6-2)7-5/h4H,3H2,1-2H3. The van der Waals surface area contributed by atoms with Crippen molar-refractivity contribution in [2.45, 2.75) is 19.6 Å². The average Bonchev–Trinajstić information content (AvgIpc) is 1.72. The SMILES string of the molecule is CCC(OC)OCl. The number of halogens is 1. The van der Waals surface area contributed by atoms with Crippen LogP contribution in [0.1, 0.15) is 13.3 Å². The highest BCUT2D eigenvalue weighted by Crippen LogP contribution is 1.98. The molecular weight excluding hydrogens is 115 g/mol. The molecule has 0 heterocycles. The van der Waals surface area contributed by atoms with Gasteiger partial charge in [-0.05, 0) is 6.42 Å². The minimum Gasteiger partial charge on any atom is -0.354 e. The first-order chi connectivity index (χ1) is 3.35. The van der Waals surface area contributed by atoms with Crippen LogP contribution in [0.3, 0.4) is 0 Å². The highest BCUT2D eigenvalue weighted by molar-refractivity contribution is 6.07. The van der Waals surface area contributed by atoms with Gasteiger partial charge in [-0.3, -0.25) is 0 Å². The van der Waals surface area contributed by atoms with Gasteiger partial charge in [0.1, 0.15) is 0 Å². The topological polar surface area (TPSA) is 18.5 Å². The predicted molar refractivity (Wildman–Crippen MR) is 28.0 cm³/mol. The van der Waals surface area contributed by atoms with Crippen molar-refractivity contribution in [1.29, 1.82) is 0 Å². The molecule has 3 heteroatoms. The molecule has 0 saturated carbocycles. The van der Waals surface area contributed by atoms with Crippen LogP contribution in [0, 0.1) is 0 Å². The molecule has 0 fully saturated rings. The van der Waals surface area contributed by atoms with Crippen LogP contribution in [0.15, 0.2) is 0 Å². The van der Waals surface area contributed by atoms with E-state index < -0.39 is 0 Å². The third-order valence-electron chi connectivity index (χ3n) is 0.696. The fourth-order valence-corrected chi connectivity index (χ4v) is 0.465. The van der Waals surface area contributed by atoms with Gasteiger partial charge in [0.15, 0.2) is 6.29 Å². The van der Waals surface area contributed by atoms with Gasteiger partial charge < -0.3 is 4.74 Å². The van der Waals surface area contributed by atoms with E-state index in [2.05, 4.69) is 4.29 Å². The summed E-state index contributed by atoms with van der Waals surface area (Å²) in [6, 6.07) is 0. The van der Waals surface area contributed by atoms with Crippen molar-refractivity contribution in [2.75, 3.05) is 7.11 Å². The zero-order valence-corrected chi connectivity index (χ0v) is 5.23. The smallest absolute Gasteiger partial charge is 0.176 e. The van der Waals surface area contributed by atoms with Crippen molar-refractivity contribution in [3.63, 3.8) is 0 Å². The van der Waals surface area contributed by atoms with Crippen LogP contribution in [0.2, 0.25) is 0 Å². The molecule has 0 aromatic heterocycles. The molecule has 1 atom stereocenters. The van der Waals surface area contributed by atoms with Crippen LogP contribution in [-0.2, 0) is 9.03 Å². The Morgan fingerprint density at radius 2 is 2.29 bits per heavy atom. The summed E-state index contributed by atoms with van der Waals surface area (Å²) in [5, 5.41) is 0. The lowest BCUT2D eigenvalue weighted by atomic mass is 10.5. The van der Waals surface area contributed by atoms with Gasteiger partial charge in [0, 0.05) is 7.11 Å². The lowest BCUT2D eigenvalue weighted by Gasteiger charge is -2.05. The van der Waals surface area contributed by atoms with E-state index in [1.54, 1.807) is 7.11 Å². The van der Waals surface area contributed by atoms with Gasteiger partial charge in [-0.1, -0.05) is 6.92 Å². The predicted octanol–water partition coefficient (Wildman–Crippen LogP) is 1.54. The first kappa shape index (κ1) is 7.21. The van der Waals surface area contributed by atoms with Gasteiger partial charge in [0.05, 0.1) is 11.9 Å². The Morgan fingerprint density at radius 3 is 2.29 bits per heavy atom. The van der Waals surface area contributed by atoms with Crippen LogP contribution in [-0.4, -0.2) is 13.4 Å². The maximum absolute atomic E-state index is 4.94. The van der Waals surface area contributed by atoms with Gasteiger partial charge in [-0.15, -0.1) is 0 Å². The molecule has 2 nitrogen and oxygen atoms in total.